The van der Waals surface area contributed by atoms with Crippen LogP contribution in [-0.4, -0.2) is 17.4 Å². The van der Waals surface area contributed by atoms with Crippen LogP contribution in [0.4, 0.5) is 0 Å². The van der Waals surface area contributed by atoms with Crippen molar-refractivity contribution in [2.75, 3.05) is 6.54 Å². The third-order valence-electron chi connectivity index (χ3n) is 1.88. The molecule has 1 aliphatic heterocycles. The summed E-state index contributed by atoms with van der Waals surface area (Å²) in [7, 11) is 0. The van der Waals surface area contributed by atoms with E-state index in [1.54, 1.807) is 12.3 Å². The van der Waals surface area contributed by atoms with Gasteiger partial charge in [0.15, 0.2) is 0 Å². The van der Waals surface area contributed by atoms with Crippen LogP contribution in [0.2, 0.25) is 0 Å². The predicted octanol–water partition coefficient (Wildman–Crippen LogP) is 1.13. The summed E-state index contributed by atoms with van der Waals surface area (Å²) < 4.78 is 0.707. The summed E-state index contributed by atoms with van der Waals surface area (Å²) in [5.41, 5.74) is 1.77. The quantitative estimate of drug-likeness (QED) is 0.675. The Morgan fingerprint density at radius 2 is 2.42 bits per heavy atom. The molecule has 2 heterocycles. The molecule has 1 amide bonds. The van der Waals surface area contributed by atoms with Crippen LogP contribution in [-0.2, 0) is 6.42 Å². The zero-order valence-electron chi connectivity index (χ0n) is 6.30. The van der Waals surface area contributed by atoms with Gasteiger partial charge in [-0.05, 0) is 34.0 Å². The number of hydrogen-bond donors (Lipinski definition) is 1. The molecule has 0 spiro atoms. The third-order valence-corrected chi connectivity index (χ3v) is 2.31. The SMILES string of the molecule is O=C1NCCc2cnc(Br)cc21. The molecule has 0 unspecified atom stereocenters. The van der Waals surface area contributed by atoms with E-state index in [9.17, 15) is 4.79 Å². The molecule has 4 heteroatoms. The van der Waals surface area contributed by atoms with E-state index >= 15 is 0 Å². The van der Waals surface area contributed by atoms with E-state index in [1.165, 1.54) is 0 Å². The fraction of sp³-hybridized carbons (Fsp3) is 0.250. The highest BCUT2D eigenvalue weighted by Gasteiger charge is 2.16. The van der Waals surface area contributed by atoms with Gasteiger partial charge in [-0.1, -0.05) is 0 Å². The molecule has 0 saturated carbocycles. The van der Waals surface area contributed by atoms with Gasteiger partial charge in [-0.2, -0.15) is 0 Å². The van der Waals surface area contributed by atoms with E-state index in [2.05, 4.69) is 26.2 Å². The monoisotopic (exact) mass is 226 g/mol. The summed E-state index contributed by atoms with van der Waals surface area (Å²) in [6.07, 6.45) is 2.62. The molecular weight excluding hydrogens is 220 g/mol. The zero-order chi connectivity index (χ0) is 8.55. The number of halogens is 1. The zero-order valence-corrected chi connectivity index (χ0v) is 7.89. The van der Waals surface area contributed by atoms with Gasteiger partial charge < -0.3 is 5.32 Å². The maximum atomic E-state index is 11.3. The van der Waals surface area contributed by atoms with Crippen LogP contribution in [0.3, 0.4) is 0 Å². The lowest BCUT2D eigenvalue weighted by Gasteiger charge is -2.15. The molecule has 0 saturated heterocycles. The number of fused-ring (bicyclic) bond motifs is 1. The molecule has 0 radical (unpaired) electrons. The average Bonchev–Trinajstić information content (AvgIpc) is 2.07. The van der Waals surface area contributed by atoms with Gasteiger partial charge in [0, 0.05) is 18.3 Å². The Morgan fingerprint density at radius 3 is 3.25 bits per heavy atom. The molecule has 1 aromatic rings. The van der Waals surface area contributed by atoms with Crippen LogP contribution in [0.1, 0.15) is 15.9 Å². The number of hydrogen-bond acceptors (Lipinski definition) is 2. The summed E-state index contributed by atoms with van der Waals surface area (Å²) in [5.74, 6) is -0.000602. The highest BCUT2D eigenvalue weighted by Crippen LogP contribution is 2.16. The topological polar surface area (TPSA) is 42.0 Å². The van der Waals surface area contributed by atoms with Crippen molar-refractivity contribution in [1.29, 1.82) is 0 Å². The summed E-state index contributed by atoms with van der Waals surface area (Å²) >= 11 is 3.23. The maximum Gasteiger partial charge on any atom is 0.251 e. The standard InChI is InChI=1S/C8H7BrN2O/c9-7-3-6-5(4-11-7)1-2-10-8(6)12/h3-4H,1-2H2,(H,10,12). The first-order valence-electron chi connectivity index (χ1n) is 3.70. The first kappa shape index (κ1) is 7.73. The Hall–Kier alpha value is -0.900. The van der Waals surface area contributed by atoms with Gasteiger partial charge in [0.25, 0.3) is 5.91 Å². The van der Waals surface area contributed by atoms with Gasteiger partial charge in [0.1, 0.15) is 4.60 Å². The van der Waals surface area contributed by atoms with Gasteiger partial charge in [0.2, 0.25) is 0 Å². The Morgan fingerprint density at radius 1 is 1.58 bits per heavy atom. The number of amides is 1. The number of nitrogens with one attached hydrogen (secondary N) is 1. The molecule has 0 aromatic carbocycles. The molecule has 0 bridgehead atoms. The van der Waals surface area contributed by atoms with Gasteiger partial charge in [-0.15, -0.1) is 0 Å². The molecule has 1 aliphatic rings. The molecular formula is C8H7BrN2O. The third kappa shape index (κ3) is 1.22. The van der Waals surface area contributed by atoms with Crippen LogP contribution >= 0.6 is 15.9 Å². The van der Waals surface area contributed by atoms with Crippen LogP contribution in [0.25, 0.3) is 0 Å². The molecule has 12 heavy (non-hydrogen) atoms. The van der Waals surface area contributed by atoms with Crippen molar-refractivity contribution in [2.45, 2.75) is 6.42 Å². The van der Waals surface area contributed by atoms with Gasteiger partial charge in [-0.3, -0.25) is 4.79 Å². The van der Waals surface area contributed by atoms with E-state index in [0.29, 0.717) is 4.60 Å². The predicted molar refractivity (Wildman–Crippen MR) is 48.0 cm³/mol. The van der Waals surface area contributed by atoms with Crippen molar-refractivity contribution in [3.63, 3.8) is 0 Å². The van der Waals surface area contributed by atoms with Crippen molar-refractivity contribution in [2.24, 2.45) is 0 Å². The van der Waals surface area contributed by atoms with E-state index < -0.39 is 0 Å². The molecule has 1 N–H and O–H groups in total. The maximum absolute atomic E-state index is 11.3. The van der Waals surface area contributed by atoms with Crippen molar-refractivity contribution < 1.29 is 4.79 Å². The lowest BCUT2D eigenvalue weighted by atomic mass is 10.0. The molecule has 0 fully saturated rings. The van der Waals surface area contributed by atoms with Crippen LogP contribution in [0.5, 0.6) is 0 Å². The average molecular weight is 227 g/mol. The highest BCUT2D eigenvalue weighted by molar-refractivity contribution is 9.10. The Kier molecular flexibility index (Phi) is 1.84. The highest BCUT2D eigenvalue weighted by atomic mass is 79.9. The molecule has 1 aromatic heterocycles. The van der Waals surface area contributed by atoms with E-state index in [4.69, 9.17) is 0 Å². The van der Waals surface area contributed by atoms with Crippen molar-refractivity contribution in [3.8, 4) is 0 Å². The van der Waals surface area contributed by atoms with Crippen LogP contribution < -0.4 is 5.32 Å². The minimum absolute atomic E-state index is 0.000602. The summed E-state index contributed by atoms with van der Waals surface area (Å²) in [4.78, 5) is 15.3. The second-order valence-electron chi connectivity index (χ2n) is 2.67. The molecule has 3 nitrogen and oxygen atoms in total. The van der Waals surface area contributed by atoms with Crippen molar-refractivity contribution in [3.05, 3.63) is 28.0 Å². The van der Waals surface area contributed by atoms with Crippen LogP contribution in [0, 0.1) is 0 Å². The van der Waals surface area contributed by atoms with Crippen LogP contribution in [0.15, 0.2) is 16.9 Å². The number of aromatic nitrogens is 1. The fourth-order valence-corrected chi connectivity index (χ4v) is 1.61. The van der Waals surface area contributed by atoms with Gasteiger partial charge in [0.05, 0.1) is 0 Å². The van der Waals surface area contributed by atoms with E-state index in [0.717, 1.165) is 24.1 Å². The number of carbonyl (C=O) groups excluding carboxylic acids is 1. The number of pyridine rings is 1. The Labute approximate surface area is 78.3 Å². The number of nitrogens with zero attached hydrogens (tertiary/aromatic N) is 1. The summed E-state index contributed by atoms with van der Waals surface area (Å²) in [5, 5.41) is 2.78. The molecule has 0 atom stereocenters. The fourth-order valence-electron chi connectivity index (χ4n) is 1.27. The molecule has 0 aliphatic carbocycles. The van der Waals surface area contributed by atoms with Crippen molar-refractivity contribution in [1.82, 2.24) is 10.3 Å². The smallest absolute Gasteiger partial charge is 0.251 e. The number of carbonyl (C=O) groups is 1. The Balaban J connectivity index is 2.54. The van der Waals surface area contributed by atoms with E-state index in [1.807, 2.05) is 0 Å². The second kappa shape index (κ2) is 2.86. The van der Waals surface area contributed by atoms with Gasteiger partial charge in [-0.25, -0.2) is 4.98 Å². The minimum Gasteiger partial charge on any atom is -0.352 e. The van der Waals surface area contributed by atoms with Gasteiger partial charge >= 0.3 is 0 Å². The summed E-state index contributed by atoms with van der Waals surface area (Å²) in [6, 6.07) is 1.75. The molecule has 2 rings (SSSR count). The lowest BCUT2D eigenvalue weighted by molar-refractivity contribution is 0.0945. The normalized spacial score (nSPS) is 15.2. The summed E-state index contributed by atoms with van der Waals surface area (Å²) in [6.45, 7) is 0.717. The van der Waals surface area contributed by atoms with Crippen molar-refractivity contribution >= 4 is 21.8 Å². The van der Waals surface area contributed by atoms with E-state index in [-0.39, 0.29) is 5.91 Å². The second-order valence-corrected chi connectivity index (χ2v) is 3.48. The number of rotatable bonds is 0. The minimum atomic E-state index is -0.000602. The first-order chi connectivity index (χ1) is 5.77. The lowest BCUT2D eigenvalue weighted by Crippen LogP contribution is -2.31. The largest absolute Gasteiger partial charge is 0.352 e. The molecule has 62 valence electrons. The first-order valence-corrected chi connectivity index (χ1v) is 4.49. The Bertz CT molecular complexity index is 338.